The number of hydrogen-bond acceptors (Lipinski definition) is 3. The molecule has 1 heterocycles. The number of rotatable bonds is 5. The van der Waals surface area contributed by atoms with Gasteiger partial charge in [0.05, 0.1) is 11.6 Å². The van der Waals surface area contributed by atoms with E-state index in [2.05, 4.69) is 5.32 Å². The van der Waals surface area contributed by atoms with E-state index in [4.69, 9.17) is 11.6 Å². The van der Waals surface area contributed by atoms with Gasteiger partial charge in [-0.05, 0) is 55.3 Å². The predicted octanol–water partition coefficient (Wildman–Crippen LogP) is 5.18. The molecule has 3 aromatic carbocycles. The van der Waals surface area contributed by atoms with Crippen LogP contribution in [0.1, 0.15) is 33.5 Å². The first-order valence-corrected chi connectivity index (χ1v) is 10.8. The number of nitrogens with one attached hydrogen (secondary N) is 1. The van der Waals surface area contributed by atoms with Gasteiger partial charge in [0.2, 0.25) is 11.8 Å². The van der Waals surface area contributed by atoms with E-state index in [1.807, 2.05) is 38.1 Å². The zero-order valence-corrected chi connectivity index (χ0v) is 18.6. The molecule has 0 saturated carbocycles. The molecule has 1 unspecified atom stereocenters. The van der Waals surface area contributed by atoms with E-state index in [0.29, 0.717) is 28.4 Å². The van der Waals surface area contributed by atoms with Crippen LogP contribution >= 0.6 is 11.6 Å². The topological polar surface area (TPSA) is 66.5 Å². The van der Waals surface area contributed by atoms with E-state index < -0.39 is 5.92 Å². The highest BCUT2D eigenvalue weighted by Crippen LogP contribution is 2.29. The Kier molecular flexibility index (Phi) is 6.10. The molecule has 162 valence electrons. The normalized spacial score (nSPS) is 15.7. The summed E-state index contributed by atoms with van der Waals surface area (Å²) in [5.41, 5.74) is 4.22. The van der Waals surface area contributed by atoms with Crippen molar-refractivity contribution in [3.8, 4) is 0 Å². The van der Waals surface area contributed by atoms with Gasteiger partial charge in [-0.2, -0.15) is 0 Å². The Morgan fingerprint density at radius 2 is 1.72 bits per heavy atom. The van der Waals surface area contributed by atoms with Gasteiger partial charge in [-0.3, -0.25) is 14.4 Å². The molecule has 1 N–H and O–H groups in total. The van der Waals surface area contributed by atoms with Crippen molar-refractivity contribution < 1.29 is 14.4 Å². The fraction of sp³-hybridized carbons (Fsp3) is 0.192. The van der Waals surface area contributed by atoms with E-state index in [1.54, 1.807) is 47.4 Å². The number of amides is 2. The van der Waals surface area contributed by atoms with Crippen LogP contribution in [0.15, 0.2) is 66.7 Å². The summed E-state index contributed by atoms with van der Waals surface area (Å²) in [6.45, 7) is 4.31. The molecule has 1 aliphatic rings. The number of anilines is 2. The number of aryl methyl sites for hydroxylation is 2. The number of carbonyl (C=O) groups excluding carboxylic acids is 3. The Morgan fingerprint density at radius 3 is 2.44 bits per heavy atom. The highest BCUT2D eigenvalue weighted by molar-refractivity contribution is 6.31. The van der Waals surface area contributed by atoms with Crippen LogP contribution < -0.4 is 10.2 Å². The molecule has 6 heteroatoms. The molecule has 3 aromatic rings. The second kappa shape index (κ2) is 8.97. The summed E-state index contributed by atoms with van der Waals surface area (Å²) in [5.74, 6) is -1.14. The van der Waals surface area contributed by atoms with Crippen LogP contribution in [0.3, 0.4) is 0 Å². The molecule has 32 heavy (non-hydrogen) atoms. The van der Waals surface area contributed by atoms with Gasteiger partial charge in [0.25, 0.3) is 0 Å². The number of carbonyl (C=O) groups is 3. The molecule has 5 nitrogen and oxygen atoms in total. The van der Waals surface area contributed by atoms with Crippen LogP contribution in [0, 0.1) is 19.8 Å². The maximum Gasteiger partial charge on any atom is 0.229 e. The third kappa shape index (κ3) is 4.43. The van der Waals surface area contributed by atoms with Gasteiger partial charge in [0.15, 0.2) is 5.78 Å². The number of hydrogen-bond donors (Lipinski definition) is 1. The minimum atomic E-state index is -0.514. The zero-order valence-electron chi connectivity index (χ0n) is 17.9. The molecule has 1 saturated heterocycles. The average molecular weight is 447 g/mol. The smallest absolute Gasteiger partial charge is 0.229 e. The van der Waals surface area contributed by atoms with E-state index in [0.717, 1.165) is 16.8 Å². The van der Waals surface area contributed by atoms with Crippen molar-refractivity contribution in [2.75, 3.05) is 16.8 Å². The second-order valence-corrected chi connectivity index (χ2v) is 8.48. The van der Waals surface area contributed by atoms with E-state index in [-0.39, 0.29) is 24.0 Å². The van der Waals surface area contributed by atoms with Gasteiger partial charge >= 0.3 is 0 Å². The average Bonchev–Trinajstić information content (AvgIpc) is 3.18. The van der Waals surface area contributed by atoms with Crippen molar-refractivity contribution in [1.82, 2.24) is 0 Å². The lowest BCUT2D eigenvalue weighted by Crippen LogP contribution is -2.28. The zero-order chi connectivity index (χ0) is 22.8. The molecule has 1 atom stereocenters. The summed E-state index contributed by atoms with van der Waals surface area (Å²) in [4.78, 5) is 40.3. The molecule has 2 amide bonds. The summed E-state index contributed by atoms with van der Waals surface area (Å²) in [6.07, 6.45) is 0.119. The summed E-state index contributed by atoms with van der Waals surface area (Å²) in [6, 6.07) is 19.4. The molecule has 1 fully saturated rings. The third-order valence-electron chi connectivity index (χ3n) is 5.82. The van der Waals surface area contributed by atoms with Crippen molar-refractivity contribution >= 4 is 40.6 Å². The summed E-state index contributed by atoms with van der Waals surface area (Å²) in [5, 5.41) is 3.25. The van der Waals surface area contributed by atoms with Crippen LogP contribution in [-0.2, 0) is 9.59 Å². The Hall–Kier alpha value is -3.44. The molecule has 0 aromatic heterocycles. The maximum absolute atomic E-state index is 13.0. The van der Waals surface area contributed by atoms with Crippen LogP contribution in [0.4, 0.5) is 11.4 Å². The second-order valence-electron chi connectivity index (χ2n) is 8.05. The van der Waals surface area contributed by atoms with Gasteiger partial charge in [-0.25, -0.2) is 0 Å². The Morgan fingerprint density at radius 1 is 0.969 bits per heavy atom. The molecule has 0 bridgehead atoms. The maximum atomic E-state index is 13.0. The Labute approximate surface area is 192 Å². The first-order chi connectivity index (χ1) is 15.3. The van der Waals surface area contributed by atoms with Crippen molar-refractivity contribution in [2.24, 2.45) is 5.92 Å². The minimum absolute atomic E-state index is 0.0925. The highest BCUT2D eigenvalue weighted by Gasteiger charge is 2.35. The van der Waals surface area contributed by atoms with Crippen LogP contribution in [-0.4, -0.2) is 24.1 Å². The Balaban J connectivity index is 1.54. The van der Waals surface area contributed by atoms with Crippen molar-refractivity contribution in [3.63, 3.8) is 0 Å². The fourth-order valence-corrected chi connectivity index (χ4v) is 3.99. The van der Waals surface area contributed by atoms with E-state index in [1.165, 1.54) is 0 Å². The van der Waals surface area contributed by atoms with E-state index in [9.17, 15) is 14.4 Å². The van der Waals surface area contributed by atoms with Gasteiger partial charge in [-0.15, -0.1) is 0 Å². The van der Waals surface area contributed by atoms with Crippen molar-refractivity contribution in [3.05, 3.63) is 94.0 Å². The van der Waals surface area contributed by atoms with E-state index >= 15 is 0 Å². The van der Waals surface area contributed by atoms with Crippen molar-refractivity contribution in [1.29, 1.82) is 0 Å². The summed E-state index contributed by atoms with van der Waals surface area (Å²) in [7, 11) is 0. The minimum Gasteiger partial charge on any atom is -0.325 e. The van der Waals surface area contributed by atoms with Crippen LogP contribution in [0.2, 0.25) is 5.02 Å². The first-order valence-electron chi connectivity index (χ1n) is 10.4. The SMILES string of the molecule is Cc1ccc(N2CC(C(=O)Nc3ccc(Cl)cc3C(=O)c3ccccc3)CC2=O)cc1C. The standard InChI is InChI=1S/C26H23ClN2O3/c1-16-8-10-21(12-17(16)2)29-15-19(13-24(29)30)26(32)28-23-11-9-20(27)14-22(23)25(31)18-6-4-3-5-7-18/h3-12,14,19H,13,15H2,1-2H3,(H,28,32). The summed E-state index contributed by atoms with van der Waals surface area (Å²) < 4.78 is 0. The predicted molar refractivity (Wildman–Crippen MR) is 126 cm³/mol. The number of nitrogens with zero attached hydrogens (tertiary/aromatic N) is 1. The molecule has 1 aliphatic heterocycles. The Bertz CT molecular complexity index is 1210. The number of halogens is 1. The van der Waals surface area contributed by atoms with Crippen LogP contribution in [0.5, 0.6) is 0 Å². The molecule has 0 spiro atoms. The van der Waals surface area contributed by atoms with Gasteiger partial charge in [0, 0.05) is 34.8 Å². The lowest BCUT2D eigenvalue weighted by molar-refractivity contribution is -0.122. The number of benzene rings is 3. The van der Waals surface area contributed by atoms with Crippen molar-refractivity contribution in [2.45, 2.75) is 20.3 Å². The lowest BCUT2D eigenvalue weighted by Gasteiger charge is -2.18. The molecular weight excluding hydrogens is 424 g/mol. The quantitative estimate of drug-likeness (QED) is 0.549. The molecule has 0 radical (unpaired) electrons. The monoisotopic (exact) mass is 446 g/mol. The van der Waals surface area contributed by atoms with Crippen LogP contribution in [0.25, 0.3) is 0 Å². The van der Waals surface area contributed by atoms with Gasteiger partial charge in [0.1, 0.15) is 0 Å². The number of ketones is 1. The molecule has 0 aliphatic carbocycles. The molecule has 4 rings (SSSR count). The first kappa shape index (κ1) is 21.8. The molecular formula is C26H23ClN2O3. The van der Waals surface area contributed by atoms with Gasteiger partial charge < -0.3 is 10.2 Å². The third-order valence-corrected chi connectivity index (χ3v) is 6.05. The fourth-order valence-electron chi connectivity index (χ4n) is 3.82. The van der Waals surface area contributed by atoms with Gasteiger partial charge in [-0.1, -0.05) is 48.0 Å². The largest absolute Gasteiger partial charge is 0.325 e. The highest BCUT2D eigenvalue weighted by atomic mass is 35.5. The lowest BCUT2D eigenvalue weighted by atomic mass is 10.0. The summed E-state index contributed by atoms with van der Waals surface area (Å²) >= 11 is 6.13.